The van der Waals surface area contributed by atoms with Gasteiger partial charge in [-0.1, -0.05) is 6.92 Å². The van der Waals surface area contributed by atoms with E-state index in [0.717, 1.165) is 0 Å². The lowest BCUT2D eigenvalue weighted by Crippen LogP contribution is -2.40. The molecule has 17 heavy (non-hydrogen) atoms. The van der Waals surface area contributed by atoms with E-state index < -0.39 is 23.7 Å². The molecule has 0 saturated carbocycles. The minimum atomic E-state index is -1.08. The van der Waals surface area contributed by atoms with Crippen LogP contribution >= 0.6 is 0 Å². The summed E-state index contributed by atoms with van der Waals surface area (Å²) >= 11 is 0. The molecule has 1 rings (SSSR count). The molecule has 0 saturated heterocycles. The van der Waals surface area contributed by atoms with Gasteiger partial charge in [0.1, 0.15) is 11.9 Å². The van der Waals surface area contributed by atoms with E-state index in [1.807, 2.05) is 0 Å². The lowest BCUT2D eigenvalue weighted by molar-refractivity contribution is -0.139. The van der Waals surface area contributed by atoms with Gasteiger partial charge in [-0.25, -0.2) is 9.18 Å². The van der Waals surface area contributed by atoms with Crippen molar-refractivity contribution in [1.29, 1.82) is 0 Å². The molecule has 0 aliphatic carbocycles. The van der Waals surface area contributed by atoms with Crippen molar-refractivity contribution in [2.24, 2.45) is 0 Å². The Labute approximate surface area is 98.5 Å². The molecule has 0 aromatic heterocycles. The summed E-state index contributed by atoms with van der Waals surface area (Å²) in [5.41, 5.74) is 0.758. The second-order valence-corrected chi connectivity index (χ2v) is 3.73. The van der Waals surface area contributed by atoms with Gasteiger partial charge in [0, 0.05) is 5.56 Å². The molecule has 1 amide bonds. The summed E-state index contributed by atoms with van der Waals surface area (Å²) in [6, 6.07) is 2.82. The number of carbonyl (C=O) groups is 2. The highest BCUT2D eigenvalue weighted by molar-refractivity contribution is 5.97. The number of halogens is 1. The Morgan fingerprint density at radius 3 is 2.59 bits per heavy atom. The number of hydrogen-bond acceptors (Lipinski definition) is 2. The van der Waals surface area contributed by atoms with Gasteiger partial charge in [-0.3, -0.25) is 4.79 Å². The molecular weight excluding hydrogens is 225 g/mol. The summed E-state index contributed by atoms with van der Waals surface area (Å²) in [6.07, 6.45) is 0.293. The van der Waals surface area contributed by atoms with Gasteiger partial charge >= 0.3 is 5.97 Å². The SMILES string of the molecule is CC[C@H](NC(=O)c1ccc(F)cc1C)C(=O)O. The zero-order chi connectivity index (χ0) is 13.0. The fourth-order valence-corrected chi connectivity index (χ4v) is 1.46. The van der Waals surface area contributed by atoms with Crippen LogP contribution in [-0.4, -0.2) is 23.0 Å². The maximum atomic E-state index is 12.8. The molecule has 0 aliphatic heterocycles. The number of aliphatic carboxylic acids is 1. The lowest BCUT2D eigenvalue weighted by atomic mass is 10.1. The third-order valence-corrected chi connectivity index (χ3v) is 2.44. The number of carboxylic acid groups (broad SMARTS) is 1. The highest BCUT2D eigenvalue weighted by Gasteiger charge is 2.19. The predicted octanol–water partition coefficient (Wildman–Crippen LogP) is 1.73. The van der Waals surface area contributed by atoms with Gasteiger partial charge in [-0.2, -0.15) is 0 Å². The van der Waals surface area contributed by atoms with E-state index in [4.69, 9.17) is 5.11 Å². The molecule has 2 N–H and O–H groups in total. The predicted molar refractivity (Wildman–Crippen MR) is 60.3 cm³/mol. The van der Waals surface area contributed by atoms with E-state index in [9.17, 15) is 14.0 Å². The molecule has 0 bridgehead atoms. The van der Waals surface area contributed by atoms with Gasteiger partial charge in [0.05, 0.1) is 0 Å². The van der Waals surface area contributed by atoms with Gasteiger partial charge in [0.25, 0.3) is 5.91 Å². The van der Waals surface area contributed by atoms with Crippen LogP contribution in [0.25, 0.3) is 0 Å². The molecule has 1 aromatic carbocycles. The minimum Gasteiger partial charge on any atom is -0.480 e. The van der Waals surface area contributed by atoms with Gasteiger partial charge in [0.15, 0.2) is 0 Å². The summed E-state index contributed by atoms with van der Waals surface area (Å²) in [5.74, 6) is -2.01. The smallest absolute Gasteiger partial charge is 0.326 e. The Kier molecular flexibility index (Phi) is 4.20. The number of carbonyl (C=O) groups excluding carboxylic acids is 1. The summed E-state index contributed by atoms with van der Waals surface area (Å²) in [6.45, 7) is 3.26. The molecule has 0 heterocycles. The van der Waals surface area contributed by atoms with Crippen LogP contribution in [0.4, 0.5) is 4.39 Å². The highest BCUT2D eigenvalue weighted by atomic mass is 19.1. The Morgan fingerprint density at radius 2 is 2.12 bits per heavy atom. The van der Waals surface area contributed by atoms with E-state index >= 15 is 0 Å². The summed E-state index contributed by atoms with van der Waals surface area (Å²) in [7, 11) is 0. The van der Waals surface area contributed by atoms with Crippen molar-refractivity contribution >= 4 is 11.9 Å². The quantitative estimate of drug-likeness (QED) is 0.840. The topological polar surface area (TPSA) is 66.4 Å². The molecule has 0 aliphatic rings. The van der Waals surface area contributed by atoms with Crippen LogP contribution in [-0.2, 0) is 4.79 Å². The normalized spacial score (nSPS) is 11.9. The van der Waals surface area contributed by atoms with E-state index in [1.54, 1.807) is 13.8 Å². The van der Waals surface area contributed by atoms with Crippen LogP contribution in [0.5, 0.6) is 0 Å². The first-order valence-electron chi connectivity index (χ1n) is 5.25. The van der Waals surface area contributed by atoms with Crippen molar-refractivity contribution in [3.8, 4) is 0 Å². The second-order valence-electron chi connectivity index (χ2n) is 3.73. The zero-order valence-corrected chi connectivity index (χ0v) is 9.66. The second kappa shape index (κ2) is 5.43. The standard InChI is InChI=1S/C12H14FNO3/c1-3-10(12(16)17)14-11(15)9-5-4-8(13)6-7(9)2/h4-6,10H,3H2,1-2H3,(H,14,15)(H,16,17)/t10-/m0/s1. The molecule has 1 aromatic rings. The van der Waals surface area contributed by atoms with E-state index in [0.29, 0.717) is 12.0 Å². The zero-order valence-electron chi connectivity index (χ0n) is 9.66. The van der Waals surface area contributed by atoms with E-state index in [1.165, 1.54) is 18.2 Å². The van der Waals surface area contributed by atoms with Crippen molar-refractivity contribution < 1.29 is 19.1 Å². The summed E-state index contributed by atoms with van der Waals surface area (Å²) < 4.78 is 12.8. The van der Waals surface area contributed by atoms with Crippen LogP contribution in [0.3, 0.4) is 0 Å². The lowest BCUT2D eigenvalue weighted by Gasteiger charge is -2.13. The molecule has 0 spiro atoms. The first-order chi connectivity index (χ1) is 7.95. The highest BCUT2D eigenvalue weighted by Crippen LogP contribution is 2.10. The van der Waals surface area contributed by atoms with E-state index in [-0.39, 0.29) is 5.56 Å². The molecule has 92 valence electrons. The molecule has 0 radical (unpaired) electrons. The Balaban J connectivity index is 2.86. The van der Waals surface area contributed by atoms with Crippen LogP contribution in [0.15, 0.2) is 18.2 Å². The van der Waals surface area contributed by atoms with Crippen molar-refractivity contribution in [2.45, 2.75) is 26.3 Å². The van der Waals surface area contributed by atoms with Crippen LogP contribution < -0.4 is 5.32 Å². The van der Waals surface area contributed by atoms with Gasteiger partial charge in [-0.15, -0.1) is 0 Å². The van der Waals surface area contributed by atoms with Gasteiger partial charge in [-0.05, 0) is 37.1 Å². The van der Waals surface area contributed by atoms with Crippen molar-refractivity contribution in [3.63, 3.8) is 0 Å². The molecule has 1 atom stereocenters. The largest absolute Gasteiger partial charge is 0.480 e. The minimum absolute atomic E-state index is 0.283. The third-order valence-electron chi connectivity index (χ3n) is 2.44. The van der Waals surface area contributed by atoms with Gasteiger partial charge < -0.3 is 10.4 Å². The maximum Gasteiger partial charge on any atom is 0.326 e. The molecule has 0 unspecified atom stereocenters. The average molecular weight is 239 g/mol. The van der Waals surface area contributed by atoms with E-state index in [2.05, 4.69) is 5.32 Å². The Morgan fingerprint density at radius 1 is 1.47 bits per heavy atom. The third kappa shape index (κ3) is 3.27. The fraction of sp³-hybridized carbons (Fsp3) is 0.333. The number of hydrogen-bond donors (Lipinski definition) is 2. The van der Waals surface area contributed by atoms with Crippen molar-refractivity contribution in [3.05, 3.63) is 35.1 Å². The summed E-state index contributed by atoms with van der Waals surface area (Å²) in [5, 5.41) is 11.2. The molecular formula is C12H14FNO3. The Hall–Kier alpha value is -1.91. The number of nitrogens with one attached hydrogen (secondary N) is 1. The number of rotatable bonds is 4. The Bertz CT molecular complexity index is 445. The monoisotopic (exact) mass is 239 g/mol. The van der Waals surface area contributed by atoms with Crippen molar-refractivity contribution in [2.75, 3.05) is 0 Å². The average Bonchev–Trinajstić information content (AvgIpc) is 2.24. The first-order valence-corrected chi connectivity index (χ1v) is 5.25. The maximum absolute atomic E-state index is 12.8. The first kappa shape index (κ1) is 13.2. The van der Waals surface area contributed by atoms with Crippen LogP contribution in [0.1, 0.15) is 29.3 Å². The van der Waals surface area contributed by atoms with Crippen molar-refractivity contribution in [1.82, 2.24) is 5.32 Å². The fourth-order valence-electron chi connectivity index (χ4n) is 1.46. The van der Waals surface area contributed by atoms with Gasteiger partial charge in [0.2, 0.25) is 0 Å². The number of benzene rings is 1. The molecule has 4 nitrogen and oxygen atoms in total. The molecule has 5 heteroatoms. The summed E-state index contributed by atoms with van der Waals surface area (Å²) in [4.78, 5) is 22.5. The molecule has 0 fully saturated rings. The van der Waals surface area contributed by atoms with Crippen LogP contribution in [0.2, 0.25) is 0 Å². The number of amides is 1. The van der Waals surface area contributed by atoms with Crippen LogP contribution in [0, 0.1) is 12.7 Å². The number of carboxylic acids is 1. The number of aryl methyl sites for hydroxylation is 1.